The summed E-state index contributed by atoms with van der Waals surface area (Å²) < 4.78 is 20.6. The van der Waals surface area contributed by atoms with Gasteiger partial charge in [-0.1, -0.05) is 0 Å². The summed E-state index contributed by atoms with van der Waals surface area (Å²) in [5.74, 6) is 8.01. The van der Waals surface area contributed by atoms with Crippen LogP contribution in [0.2, 0.25) is 0 Å². The molecule has 4 rings (SSSR count). The van der Waals surface area contributed by atoms with Gasteiger partial charge in [-0.05, 0) is 36.4 Å². The molecule has 2 heterocycles. The number of oxazole rings is 2. The predicted molar refractivity (Wildman–Crippen MR) is 109 cm³/mol. The summed E-state index contributed by atoms with van der Waals surface area (Å²) in [7, 11) is 3.16. The lowest BCUT2D eigenvalue weighted by Crippen LogP contribution is -2.07. The monoisotopic (exact) mass is 395 g/mol. The van der Waals surface area contributed by atoms with E-state index >= 15 is 0 Å². The number of hydrazine groups is 1. The zero-order valence-corrected chi connectivity index (χ0v) is 16.0. The van der Waals surface area contributed by atoms with Crippen LogP contribution in [0.25, 0.3) is 22.6 Å². The zero-order chi connectivity index (χ0) is 20.6. The van der Waals surface area contributed by atoms with Crippen LogP contribution in [0.5, 0.6) is 11.5 Å². The number of benzene rings is 2. The van der Waals surface area contributed by atoms with Crippen molar-refractivity contribution in [2.45, 2.75) is 0 Å². The highest BCUT2D eigenvalue weighted by atomic mass is 16.5. The maximum absolute atomic E-state index is 5.68. The molecule has 0 atom stereocenters. The highest BCUT2D eigenvalue weighted by Crippen LogP contribution is 2.30. The number of aromatic nitrogens is 2. The van der Waals surface area contributed by atoms with Crippen molar-refractivity contribution in [1.29, 1.82) is 0 Å². The van der Waals surface area contributed by atoms with E-state index < -0.39 is 0 Å². The van der Waals surface area contributed by atoms with Crippen LogP contribution in [0.3, 0.4) is 0 Å². The minimum atomic E-state index is 0.607. The molecule has 0 unspecified atom stereocenters. The van der Waals surface area contributed by atoms with Crippen molar-refractivity contribution < 1.29 is 18.3 Å². The standard InChI is InChI=1S/C10H11N3O2.C10H10N2O2/c1-14-9-4-7(2-3-8(9)13-11)10-5-12-6-15-10;1-13-9-4-7(2-3-8(9)11)10-5-12-6-14-10/h2-6,13H,11H2,1H3;2-6H,11H2,1H3. The molecule has 9 nitrogen and oxygen atoms in total. The van der Waals surface area contributed by atoms with E-state index in [4.69, 9.17) is 29.9 Å². The average molecular weight is 395 g/mol. The molecule has 29 heavy (non-hydrogen) atoms. The topological polar surface area (TPSA) is 135 Å². The van der Waals surface area contributed by atoms with Crippen LogP contribution in [0.1, 0.15) is 0 Å². The second kappa shape index (κ2) is 9.29. The predicted octanol–water partition coefficient (Wildman–Crippen LogP) is 3.57. The lowest BCUT2D eigenvalue weighted by Gasteiger charge is -2.08. The number of methoxy groups -OCH3 is 2. The van der Waals surface area contributed by atoms with E-state index in [1.807, 2.05) is 30.3 Å². The SMILES string of the molecule is COc1cc(-c2cnco2)ccc1N.COc1cc(-c2cnco2)ccc1NN. The molecule has 0 bridgehead atoms. The Labute approximate surface area is 167 Å². The molecule has 2 aromatic heterocycles. The Morgan fingerprint density at radius 1 is 0.828 bits per heavy atom. The first-order valence-corrected chi connectivity index (χ1v) is 8.52. The summed E-state index contributed by atoms with van der Waals surface area (Å²) in [6.45, 7) is 0. The molecule has 0 aliphatic heterocycles. The number of nitrogens with zero attached hydrogens (tertiary/aromatic N) is 2. The Kier molecular flexibility index (Phi) is 6.33. The van der Waals surface area contributed by atoms with Gasteiger partial charge in [0.2, 0.25) is 0 Å². The Balaban J connectivity index is 0.000000166. The van der Waals surface area contributed by atoms with Crippen LogP contribution in [0, 0.1) is 0 Å². The summed E-state index contributed by atoms with van der Waals surface area (Å²) >= 11 is 0. The molecule has 0 aliphatic carbocycles. The van der Waals surface area contributed by atoms with Gasteiger partial charge in [0.05, 0.1) is 38.0 Å². The average Bonchev–Trinajstić information content (AvgIpc) is 3.48. The fourth-order valence-corrected chi connectivity index (χ4v) is 2.54. The van der Waals surface area contributed by atoms with Crippen molar-refractivity contribution in [3.05, 3.63) is 61.6 Å². The van der Waals surface area contributed by atoms with Gasteiger partial charge in [-0.15, -0.1) is 0 Å². The molecule has 0 spiro atoms. The van der Waals surface area contributed by atoms with Crippen molar-refractivity contribution in [3.8, 4) is 34.1 Å². The second-order valence-corrected chi connectivity index (χ2v) is 5.75. The van der Waals surface area contributed by atoms with E-state index in [-0.39, 0.29) is 0 Å². The van der Waals surface area contributed by atoms with Crippen LogP contribution >= 0.6 is 0 Å². The van der Waals surface area contributed by atoms with Crippen molar-refractivity contribution in [2.75, 3.05) is 25.4 Å². The summed E-state index contributed by atoms with van der Waals surface area (Å²) in [5.41, 5.74) is 11.3. The summed E-state index contributed by atoms with van der Waals surface area (Å²) in [4.78, 5) is 7.69. The molecule has 0 saturated carbocycles. The number of ether oxygens (including phenoxy) is 2. The van der Waals surface area contributed by atoms with E-state index in [1.54, 1.807) is 32.7 Å². The van der Waals surface area contributed by atoms with Gasteiger partial charge in [0, 0.05) is 11.1 Å². The van der Waals surface area contributed by atoms with E-state index in [0.29, 0.717) is 28.7 Å². The van der Waals surface area contributed by atoms with Gasteiger partial charge < -0.3 is 29.5 Å². The number of anilines is 2. The second-order valence-electron chi connectivity index (χ2n) is 5.75. The van der Waals surface area contributed by atoms with Gasteiger partial charge in [-0.25, -0.2) is 9.97 Å². The smallest absolute Gasteiger partial charge is 0.181 e. The molecule has 9 heteroatoms. The summed E-state index contributed by atoms with van der Waals surface area (Å²) in [6.07, 6.45) is 6.06. The van der Waals surface area contributed by atoms with Crippen LogP contribution in [-0.2, 0) is 0 Å². The fraction of sp³-hybridized carbons (Fsp3) is 0.100. The van der Waals surface area contributed by atoms with Gasteiger partial charge in [0.15, 0.2) is 24.3 Å². The first kappa shape index (κ1) is 19.8. The Hall–Kier alpha value is -3.98. The molecule has 0 radical (unpaired) electrons. The van der Waals surface area contributed by atoms with Crippen molar-refractivity contribution in [2.24, 2.45) is 5.84 Å². The minimum Gasteiger partial charge on any atom is -0.495 e. The van der Waals surface area contributed by atoms with Crippen LogP contribution in [-0.4, -0.2) is 24.2 Å². The molecule has 5 N–H and O–H groups in total. The molecule has 150 valence electrons. The van der Waals surface area contributed by atoms with Gasteiger partial charge in [-0.3, -0.25) is 5.84 Å². The van der Waals surface area contributed by atoms with Gasteiger partial charge in [0.25, 0.3) is 0 Å². The molecule has 0 aliphatic rings. The maximum Gasteiger partial charge on any atom is 0.181 e. The number of hydrogen-bond acceptors (Lipinski definition) is 9. The van der Waals surface area contributed by atoms with Crippen molar-refractivity contribution >= 4 is 11.4 Å². The summed E-state index contributed by atoms with van der Waals surface area (Å²) in [5, 5.41) is 0. The Morgan fingerprint density at radius 2 is 1.38 bits per heavy atom. The number of hydrogen-bond donors (Lipinski definition) is 3. The molecule has 2 aromatic carbocycles. The van der Waals surface area contributed by atoms with Crippen LogP contribution < -0.4 is 26.5 Å². The molecule has 0 amide bonds. The third kappa shape index (κ3) is 4.66. The third-order valence-corrected chi connectivity index (χ3v) is 4.02. The van der Waals surface area contributed by atoms with Crippen molar-refractivity contribution in [3.63, 3.8) is 0 Å². The maximum atomic E-state index is 5.68. The number of nitrogen functional groups attached to an aromatic ring is 2. The number of nitrogens with two attached hydrogens (primary N) is 2. The Morgan fingerprint density at radius 3 is 1.86 bits per heavy atom. The molecule has 4 aromatic rings. The van der Waals surface area contributed by atoms with Gasteiger partial charge in [0.1, 0.15) is 11.5 Å². The number of rotatable bonds is 5. The molecular weight excluding hydrogens is 374 g/mol. The fourth-order valence-electron chi connectivity index (χ4n) is 2.54. The van der Waals surface area contributed by atoms with Crippen LogP contribution in [0.15, 0.2) is 70.4 Å². The van der Waals surface area contributed by atoms with E-state index in [2.05, 4.69) is 15.4 Å². The first-order chi connectivity index (χ1) is 14.2. The molecule has 0 fully saturated rings. The highest BCUT2D eigenvalue weighted by molar-refractivity contribution is 5.67. The lowest BCUT2D eigenvalue weighted by atomic mass is 10.1. The third-order valence-electron chi connectivity index (χ3n) is 4.02. The lowest BCUT2D eigenvalue weighted by molar-refractivity contribution is 0.416. The van der Waals surface area contributed by atoms with Crippen LogP contribution in [0.4, 0.5) is 11.4 Å². The highest BCUT2D eigenvalue weighted by Gasteiger charge is 2.07. The quantitative estimate of drug-likeness (QED) is 0.263. The van der Waals surface area contributed by atoms with E-state index in [0.717, 1.165) is 16.8 Å². The Bertz CT molecular complexity index is 1030. The first-order valence-electron chi connectivity index (χ1n) is 8.52. The molecule has 0 saturated heterocycles. The normalized spacial score (nSPS) is 10.0. The zero-order valence-electron chi connectivity index (χ0n) is 16.0. The van der Waals surface area contributed by atoms with E-state index in [1.165, 1.54) is 12.8 Å². The largest absolute Gasteiger partial charge is 0.495 e. The van der Waals surface area contributed by atoms with Gasteiger partial charge >= 0.3 is 0 Å². The minimum absolute atomic E-state index is 0.607. The molecular formula is C20H21N5O4. The number of nitrogens with one attached hydrogen (secondary N) is 1. The van der Waals surface area contributed by atoms with E-state index in [9.17, 15) is 0 Å². The summed E-state index contributed by atoms with van der Waals surface area (Å²) in [6, 6.07) is 11.0. The van der Waals surface area contributed by atoms with Gasteiger partial charge in [-0.2, -0.15) is 0 Å². The van der Waals surface area contributed by atoms with Crippen molar-refractivity contribution in [1.82, 2.24) is 9.97 Å².